The second kappa shape index (κ2) is 6.18. The van der Waals surface area contributed by atoms with Crippen molar-refractivity contribution in [2.24, 2.45) is 11.8 Å². The maximum Gasteiger partial charge on any atom is 0.308 e. The van der Waals surface area contributed by atoms with Crippen molar-refractivity contribution in [2.45, 2.75) is 25.7 Å². The van der Waals surface area contributed by atoms with E-state index in [-0.39, 0.29) is 23.7 Å². The van der Waals surface area contributed by atoms with E-state index in [1.54, 1.807) is 0 Å². The largest absolute Gasteiger partial charge is 0.469 e. The second-order valence-corrected chi connectivity index (χ2v) is 5.17. The molecule has 1 amide bonds. The molecule has 5 nitrogen and oxygen atoms in total. The highest BCUT2D eigenvalue weighted by Crippen LogP contribution is 2.21. The number of piperidine rings is 2. The molecular formula is C13H22N2O3. The Bertz CT molecular complexity index is 305. The van der Waals surface area contributed by atoms with Gasteiger partial charge < -0.3 is 15.0 Å². The Balaban J connectivity index is 1.81. The summed E-state index contributed by atoms with van der Waals surface area (Å²) in [6, 6.07) is 0. The van der Waals surface area contributed by atoms with Gasteiger partial charge in [0.05, 0.1) is 18.9 Å². The summed E-state index contributed by atoms with van der Waals surface area (Å²) in [7, 11) is 1.42. The van der Waals surface area contributed by atoms with E-state index in [1.807, 2.05) is 4.90 Å². The fraction of sp³-hybridized carbons (Fsp3) is 0.846. The van der Waals surface area contributed by atoms with Crippen LogP contribution in [0.4, 0.5) is 0 Å². The quantitative estimate of drug-likeness (QED) is 0.725. The smallest absolute Gasteiger partial charge is 0.308 e. The van der Waals surface area contributed by atoms with Crippen molar-refractivity contribution < 1.29 is 14.3 Å². The van der Waals surface area contributed by atoms with Gasteiger partial charge in [-0.2, -0.15) is 0 Å². The Hall–Kier alpha value is -1.10. The van der Waals surface area contributed by atoms with Crippen LogP contribution in [0.5, 0.6) is 0 Å². The Morgan fingerprint density at radius 1 is 1.17 bits per heavy atom. The first-order valence-corrected chi connectivity index (χ1v) is 6.79. The van der Waals surface area contributed by atoms with Crippen LogP contribution in [0.2, 0.25) is 0 Å². The van der Waals surface area contributed by atoms with Crippen LogP contribution in [-0.2, 0) is 14.3 Å². The van der Waals surface area contributed by atoms with E-state index in [1.165, 1.54) is 7.11 Å². The number of nitrogens with one attached hydrogen (secondary N) is 1. The third kappa shape index (κ3) is 3.02. The Morgan fingerprint density at radius 3 is 2.44 bits per heavy atom. The number of hydrogen-bond acceptors (Lipinski definition) is 4. The molecule has 0 aromatic heterocycles. The molecule has 1 atom stereocenters. The lowest BCUT2D eigenvalue weighted by molar-refractivity contribution is -0.149. The highest BCUT2D eigenvalue weighted by Gasteiger charge is 2.31. The molecule has 0 aromatic rings. The fourth-order valence-electron chi connectivity index (χ4n) is 2.82. The number of ether oxygens (including phenoxy) is 1. The molecule has 0 saturated carbocycles. The average Bonchev–Trinajstić information content (AvgIpc) is 2.47. The first-order valence-electron chi connectivity index (χ1n) is 6.79. The highest BCUT2D eigenvalue weighted by atomic mass is 16.5. The molecule has 18 heavy (non-hydrogen) atoms. The van der Waals surface area contributed by atoms with E-state index < -0.39 is 0 Å². The maximum absolute atomic E-state index is 12.3. The van der Waals surface area contributed by atoms with E-state index in [9.17, 15) is 9.59 Å². The van der Waals surface area contributed by atoms with Crippen molar-refractivity contribution in [1.82, 2.24) is 10.2 Å². The van der Waals surface area contributed by atoms with Gasteiger partial charge in [0.2, 0.25) is 5.91 Å². The summed E-state index contributed by atoms with van der Waals surface area (Å²) in [5.74, 6) is 0.226. The van der Waals surface area contributed by atoms with Crippen LogP contribution in [0.15, 0.2) is 0 Å². The maximum atomic E-state index is 12.3. The van der Waals surface area contributed by atoms with Gasteiger partial charge in [-0.15, -0.1) is 0 Å². The number of carbonyl (C=O) groups excluding carboxylic acids is 2. The summed E-state index contributed by atoms with van der Waals surface area (Å²) in [5, 5.41) is 3.27. The van der Waals surface area contributed by atoms with Crippen molar-refractivity contribution in [3.8, 4) is 0 Å². The number of nitrogens with zero attached hydrogens (tertiary/aromatic N) is 1. The molecule has 0 spiro atoms. The normalized spacial score (nSPS) is 25.8. The van der Waals surface area contributed by atoms with Crippen LogP contribution in [-0.4, -0.2) is 50.1 Å². The van der Waals surface area contributed by atoms with Gasteiger partial charge in [0, 0.05) is 19.6 Å². The van der Waals surface area contributed by atoms with E-state index >= 15 is 0 Å². The minimum absolute atomic E-state index is 0.0245. The predicted octanol–water partition coefficient (Wildman–Crippen LogP) is 0.398. The summed E-state index contributed by atoms with van der Waals surface area (Å²) in [4.78, 5) is 25.6. The van der Waals surface area contributed by atoms with Crippen LogP contribution in [0.25, 0.3) is 0 Å². The molecule has 0 aliphatic carbocycles. The molecule has 102 valence electrons. The molecule has 2 aliphatic rings. The van der Waals surface area contributed by atoms with Gasteiger partial charge in [0.15, 0.2) is 0 Å². The SMILES string of the molecule is COC(=O)C1CCN(C(=O)C2CCCNC2)CC1. The predicted molar refractivity (Wildman–Crippen MR) is 66.9 cm³/mol. The molecule has 2 heterocycles. The minimum Gasteiger partial charge on any atom is -0.469 e. The summed E-state index contributed by atoms with van der Waals surface area (Å²) < 4.78 is 4.75. The van der Waals surface area contributed by atoms with Gasteiger partial charge in [-0.3, -0.25) is 9.59 Å². The molecule has 2 fully saturated rings. The Morgan fingerprint density at radius 2 is 1.89 bits per heavy atom. The topological polar surface area (TPSA) is 58.6 Å². The standard InChI is InChI=1S/C13H22N2O3/c1-18-13(17)10-4-7-15(8-5-10)12(16)11-3-2-6-14-9-11/h10-11,14H,2-9H2,1H3. The number of rotatable bonds is 2. The number of esters is 1. The second-order valence-electron chi connectivity index (χ2n) is 5.17. The molecule has 5 heteroatoms. The summed E-state index contributed by atoms with van der Waals surface area (Å²) in [5.41, 5.74) is 0. The molecule has 0 aromatic carbocycles. The molecule has 2 saturated heterocycles. The van der Waals surface area contributed by atoms with Crippen LogP contribution < -0.4 is 5.32 Å². The minimum atomic E-state index is -0.138. The van der Waals surface area contributed by atoms with Crippen LogP contribution in [0.3, 0.4) is 0 Å². The molecule has 0 radical (unpaired) electrons. The molecular weight excluding hydrogens is 232 g/mol. The van der Waals surface area contributed by atoms with Crippen LogP contribution in [0, 0.1) is 11.8 Å². The van der Waals surface area contributed by atoms with Gasteiger partial charge >= 0.3 is 5.97 Å². The number of methoxy groups -OCH3 is 1. The number of likely N-dealkylation sites (tertiary alicyclic amines) is 1. The number of amides is 1. The lowest BCUT2D eigenvalue weighted by Gasteiger charge is -2.34. The monoisotopic (exact) mass is 254 g/mol. The van der Waals surface area contributed by atoms with Crippen LogP contribution >= 0.6 is 0 Å². The van der Waals surface area contributed by atoms with Gasteiger partial charge in [0.25, 0.3) is 0 Å². The molecule has 1 N–H and O–H groups in total. The number of carbonyl (C=O) groups is 2. The molecule has 2 aliphatic heterocycles. The third-order valence-electron chi connectivity index (χ3n) is 3.99. The van der Waals surface area contributed by atoms with Crippen molar-refractivity contribution in [3.05, 3.63) is 0 Å². The van der Waals surface area contributed by atoms with Crippen molar-refractivity contribution in [1.29, 1.82) is 0 Å². The first kappa shape index (κ1) is 13.3. The van der Waals surface area contributed by atoms with Crippen molar-refractivity contribution in [2.75, 3.05) is 33.3 Å². The zero-order chi connectivity index (χ0) is 13.0. The van der Waals surface area contributed by atoms with Gasteiger partial charge in [-0.1, -0.05) is 0 Å². The van der Waals surface area contributed by atoms with Crippen molar-refractivity contribution in [3.63, 3.8) is 0 Å². The third-order valence-corrected chi connectivity index (χ3v) is 3.99. The van der Waals surface area contributed by atoms with Crippen molar-refractivity contribution >= 4 is 11.9 Å². The lowest BCUT2D eigenvalue weighted by atomic mass is 9.93. The zero-order valence-corrected chi connectivity index (χ0v) is 11.0. The van der Waals surface area contributed by atoms with E-state index in [4.69, 9.17) is 4.74 Å². The van der Waals surface area contributed by atoms with Gasteiger partial charge in [-0.25, -0.2) is 0 Å². The summed E-state index contributed by atoms with van der Waals surface area (Å²) in [6.07, 6.45) is 3.54. The van der Waals surface area contributed by atoms with E-state index in [2.05, 4.69) is 5.32 Å². The molecule has 0 bridgehead atoms. The summed E-state index contributed by atoms with van der Waals surface area (Å²) in [6.45, 7) is 3.20. The highest BCUT2D eigenvalue weighted by molar-refractivity contribution is 5.80. The van der Waals surface area contributed by atoms with Crippen LogP contribution in [0.1, 0.15) is 25.7 Å². The first-order chi connectivity index (χ1) is 8.72. The lowest BCUT2D eigenvalue weighted by Crippen LogP contribution is -2.46. The fourth-order valence-corrected chi connectivity index (χ4v) is 2.82. The molecule has 1 unspecified atom stereocenters. The Labute approximate surface area is 108 Å². The van der Waals surface area contributed by atoms with E-state index in [0.29, 0.717) is 13.1 Å². The van der Waals surface area contributed by atoms with Gasteiger partial charge in [0.1, 0.15) is 0 Å². The average molecular weight is 254 g/mol. The summed E-state index contributed by atoms with van der Waals surface area (Å²) >= 11 is 0. The zero-order valence-electron chi connectivity index (χ0n) is 11.0. The molecule has 2 rings (SSSR count). The van der Waals surface area contributed by atoms with E-state index in [0.717, 1.165) is 38.8 Å². The number of hydrogen-bond donors (Lipinski definition) is 1. The Kier molecular flexibility index (Phi) is 4.58. The van der Waals surface area contributed by atoms with Gasteiger partial charge in [-0.05, 0) is 32.2 Å².